The molecule has 5 nitrogen and oxygen atoms in total. The van der Waals surface area contributed by atoms with E-state index in [4.69, 9.17) is 9.84 Å². The highest BCUT2D eigenvalue weighted by Gasteiger charge is 2.11. The van der Waals surface area contributed by atoms with E-state index in [0.717, 1.165) is 30.4 Å². The first-order valence-electron chi connectivity index (χ1n) is 10.2. The van der Waals surface area contributed by atoms with E-state index in [0.29, 0.717) is 24.3 Å². The van der Waals surface area contributed by atoms with E-state index in [1.807, 2.05) is 36.4 Å². The molecule has 1 aromatic carbocycles. The zero-order chi connectivity index (χ0) is 20.9. The summed E-state index contributed by atoms with van der Waals surface area (Å²) in [5.74, 6) is 0.622. The van der Waals surface area contributed by atoms with E-state index >= 15 is 0 Å². The van der Waals surface area contributed by atoms with Gasteiger partial charge in [-0.2, -0.15) is 0 Å². The maximum absolute atomic E-state index is 10.5. The Hall–Kier alpha value is -2.43. The molecule has 3 N–H and O–H groups in total. The van der Waals surface area contributed by atoms with Crippen molar-refractivity contribution >= 4 is 0 Å². The molecule has 0 unspecified atom stereocenters. The summed E-state index contributed by atoms with van der Waals surface area (Å²) in [6.45, 7) is 2.30. The molecule has 156 valence electrons. The third-order valence-electron chi connectivity index (χ3n) is 4.55. The second kappa shape index (κ2) is 12.9. The number of nitrogens with zero attached hydrogens (tertiary/aromatic N) is 1. The molecule has 2 rings (SSSR count). The molecule has 2 aromatic rings. The second-order valence-electron chi connectivity index (χ2n) is 6.93. The summed E-state index contributed by atoms with van der Waals surface area (Å²) in [6, 6.07) is 12.8. The van der Waals surface area contributed by atoms with Crippen LogP contribution in [-0.2, 0) is 0 Å². The molecule has 29 heavy (non-hydrogen) atoms. The van der Waals surface area contributed by atoms with Gasteiger partial charge in [-0.15, -0.1) is 5.73 Å². The number of rotatable bonds is 12. The molecule has 0 amide bonds. The van der Waals surface area contributed by atoms with Crippen LogP contribution < -0.4 is 4.74 Å². The summed E-state index contributed by atoms with van der Waals surface area (Å²) in [7, 11) is 0. The summed E-state index contributed by atoms with van der Waals surface area (Å²) in [4.78, 5) is 4.22. The lowest BCUT2D eigenvalue weighted by molar-refractivity contribution is 0.172. The Kier molecular flexibility index (Phi) is 10.2. The number of pyridine rings is 1. The predicted octanol–water partition coefficient (Wildman–Crippen LogP) is 4.27. The van der Waals surface area contributed by atoms with Crippen LogP contribution in [0.15, 0.2) is 66.0 Å². The second-order valence-corrected chi connectivity index (χ2v) is 6.93. The number of ether oxygens (including phenoxy) is 1. The number of aliphatic hydroxyl groups excluding tert-OH is 3. The van der Waals surface area contributed by atoms with Crippen molar-refractivity contribution in [3.63, 3.8) is 0 Å². The van der Waals surface area contributed by atoms with Crippen LogP contribution in [0.5, 0.6) is 5.75 Å². The maximum atomic E-state index is 10.5. The largest absolute Gasteiger partial charge is 0.491 e. The number of aliphatic hydroxyl groups is 3. The molecule has 1 aromatic heterocycles. The molecule has 2 atom stereocenters. The molecule has 0 radical (unpaired) electrons. The average Bonchev–Trinajstić information content (AvgIpc) is 2.76. The fourth-order valence-corrected chi connectivity index (χ4v) is 2.96. The van der Waals surface area contributed by atoms with Gasteiger partial charge in [-0.1, -0.05) is 31.5 Å². The van der Waals surface area contributed by atoms with E-state index in [1.165, 1.54) is 0 Å². The summed E-state index contributed by atoms with van der Waals surface area (Å²) in [5.41, 5.74) is 5.72. The van der Waals surface area contributed by atoms with Gasteiger partial charge < -0.3 is 20.1 Å². The van der Waals surface area contributed by atoms with Gasteiger partial charge in [0.2, 0.25) is 0 Å². The van der Waals surface area contributed by atoms with Gasteiger partial charge in [0.25, 0.3) is 0 Å². The molecule has 0 bridgehead atoms. The molecule has 0 spiro atoms. The molecule has 0 aliphatic heterocycles. The number of aromatic nitrogens is 1. The minimum Gasteiger partial charge on any atom is -0.491 e. The SMILES string of the molecule is CCCCC(=C=CC[C@@H](O)c1cccc(OCCO)c1)C[C@@H](O)c1ccccn1. The first kappa shape index (κ1) is 22.9. The van der Waals surface area contributed by atoms with Crippen LogP contribution in [0, 0.1) is 0 Å². The molecule has 0 aliphatic rings. The van der Waals surface area contributed by atoms with Crippen LogP contribution in [0.3, 0.4) is 0 Å². The molecular formula is C24H31NO4. The van der Waals surface area contributed by atoms with Crippen molar-refractivity contribution in [3.8, 4) is 5.75 Å². The zero-order valence-corrected chi connectivity index (χ0v) is 17.0. The smallest absolute Gasteiger partial charge is 0.119 e. The van der Waals surface area contributed by atoms with Crippen molar-refractivity contribution in [1.82, 2.24) is 4.98 Å². The molecule has 5 heteroatoms. The first-order valence-corrected chi connectivity index (χ1v) is 10.2. The minimum absolute atomic E-state index is 0.0504. The molecular weight excluding hydrogens is 366 g/mol. The third-order valence-corrected chi connectivity index (χ3v) is 4.55. The van der Waals surface area contributed by atoms with Crippen molar-refractivity contribution in [2.24, 2.45) is 0 Å². The Labute approximate surface area is 173 Å². The lowest BCUT2D eigenvalue weighted by Crippen LogP contribution is -2.03. The van der Waals surface area contributed by atoms with Crippen LogP contribution in [0.1, 0.15) is 62.5 Å². The highest BCUT2D eigenvalue weighted by atomic mass is 16.5. The molecule has 0 fully saturated rings. The fourth-order valence-electron chi connectivity index (χ4n) is 2.96. The van der Waals surface area contributed by atoms with E-state index < -0.39 is 12.2 Å². The summed E-state index contributed by atoms with van der Waals surface area (Å²) in [5, 5.41) is 29.8. The Balaban J connectivity index is 2.04. The van der Waals surface area contributed by atoms with E-state index in [-0.39, 0.29) is 13.2 Å². The van der Waals surface area contributed by atoms with Crippen LogP contribution in [0.25, 0.3) is 0 Å². The van der Waals surface area contributed by atoms with Gasteiger partial charge in [0, 0.05) is 19.0 Å². The number of hydrogen-bond acceptors (Lipinski definition) is 5. The van der Waals surface area contributed by atoms with Gasteiger partial charge in [-0.3, -0.25) is 4.98 Å². The topological polar surface area (TPSA) is 82.8 Å². The fraction of sp³-hybridized carbons (Fsp3) is 0.417. The van der Waals surface area contributed by atoms with E-state index in [1.54, 1.807) is 18.3 Å². The number of hydrogen-bond donors (Lipinski definition) is 3. The average molecular weight is 398 g/mol. The van der Waals surface area contributed by atoms with E-state index in [2.05, 4.69) is 17.6 Å². The lowest BCUT2D eigenvalue weighted by Gasteiger charge is -2.12. The van der Waals surface area contributed by atoms with Gasteiger partial charge in [0.15, 0.2) is 0 Å². The van der Waals surface area contributed by atoms with Gasteiger partial charge in [-0.05, 0) is 54.3 Å². The van der Waals surface area contributed by atoms with Crippen molar-refractivity contribution in [2.45, 2.75) is 51.2 Å². The summed E-state index contributed by atoms with van der Waals surface area (Å²) < 4.78 is 5.39. The molecule has 0 saturated carbocycles. The number of benzene rings is 1. The van der Waals surface area contributed by atoms with E-state index in [9.17, 15) is 10.2 Å². The van der Waals surface area contributed by atoms with Crippen molar-refractivity contribution in [1.29, 1.82) is 0 Å². The summed E-state index contributed by atoms with van der Waals surface area (Å²) >= 11 is 0. The lowest BCUT2D eigenvalue weighted by atomic mass is 10.0. The molecule has 0 saturated heterocycles. The number of unbranched alkanes of at least 4 members (excludes halogenated alkanes) is 1. The summed E-state index contributed by atoms with van der Waals surface area (Å²) in [6.07, 6.45) is 6.03. The Morgan fingerprint density at radius 2 is 2.03 bits per heavy atom. The van der Waals surface area contributed by atoms with Crippen molar-refractivity contribution in [3.05, 3.63) is 77.3 Å². The Morgan fingerprint density at radius 3 is 2.76 bits per heavy atom. The van der Waals surface area contributed by atoms with Crippen LogP contribution >= 0.6 is 0 Å². The molecule has 0 aliphatic carbocycles. The van der Waals surface area contributed by atoms with Gasteiger partial charge in [0.05, 0.1) is 18.4 Å². The highest BCUT2D eigenvalue weighted by Crippen LogP contribution is 2.24. The van der Waals surface area contributed by atoms with Crippen LogP contribution in [0.4, 0.5) is 0 Å². The minimum atomic E-state index is -0.673. The standard InChI is InChI=1S/C24H31NO4/c1-2-3-8-19(17-24(28)22-12-4-5-14-25-22)9-6-13-23(27)20-10-7-11-21(18-20)29-16-15-26/h4-7,10-12,14,18,23-24,26-28H,2-3,8,13,15-17H2,1H3/t9?,23-,24-/m1/s1. The monoisotopic (exact) mass is 397 g/mol. The molecule has 1 heterocycles. The van der Waals surface area contributed by atoms with Crippen LogP contribution in [-0.4, -0.2) is 33.5 Å². The predicted molar refractivity (Wildman–Crippen MR) is 114 cm³/mol. The van der Waals surface area contributed by atoms with Gasteiger partial charge in [0.1, 0.15) is 18.5 Å². The van der Waals surface area contributed by atoms with Crippen molar-refractivity contribution in [2.75, 3.05) is 13.2 Å². The maximum Gasteiger partial charge on any atom is 0.119 e. The van der Waals surface area contributed by atoms with Gasteiger partial charge in [-0.25, -0.2) is 0 Å². The first-order chi connectivity index (χ1) is 14.1. The Bertz CT molecular complexity index is 784. The van der Waals surface area contributed by atoms with Crippen molar-refractivity contribution < 1.29 is 20.1 Å². The van der Waals surface area contributed by atoms with Crippen LogP contribution in [0.2, 0.25) is 0 Å². The van der Waals surface area contributed by atoms with Gasteiger partial charge >= 0.3 is 0 Å². The zero-order valence-electron chi connectivity index (χ0n) is 17.0. The Morgan fingerprint density at radius 1 is 1.17 bits per heavy atom. The third kappa shape index (κ3) is 8.22. The highest BCUT2D eigenvalue weighted by molar-refractivity contribution is 5.30. The normalized spacial score (nSPS) is 12.7. The quantitative estimate of drug-likeness (QED) is 0.466.